The van der Waals surface area contributed by atoms with E-state index in [1.54, 1.807) is 49.6 Å². The number of amides is 1. The van der Waals surface area contributed by atoms with Gasteiger partial charge in [-0.15, -0.1) is 0 Å². The quantitative estimate of drug-likeness (QED) is 0.655. The molecule has 1 amide bonds. The zero-order chi connectivity index (χ0) is 19.3. The largest absolute Gasteiger partial charge is 0.497 e. The standard InChI is InChI=1S/C20H20N2O4S/c1-26-18-8-4-7-17(14-18)22-20(23)11-12-21-27(24,25)19-10-9-15-5-2-3-6-16(15)13-19/h2-10,13-14,21H,11-12H2,1H3,(H,22,23). The van der Waals surface area contributed by atoms with Crippen molar-refractivity contribution in [2.24, 2.45) is 0 Å². The number of benzene rings is 3. The van der Waals surface area contributed by atoms with Gasteiger partial charge in [-0.05, 0) is 35.0 Å². The normalized spacial score (nSPS) is 11.3. The van der Waals surface area contributed by atoms with Gasteiger partial charge in [0, 0.05) is 24.7 Å². The SMILES string of the molecule is COc1cccc(NC(=O)CCNS(=O)(=O)c2ccc3ccccc3c2)c1. The number of hydrogen-bond acceptors (Lipinski definition) is 4. The fraction of sp³-hybridized carbons (Fsp3) is 0.150. The van der Waals surface area contributed by atoms with Crippen molar-refractivity contribution in [1.29, 1.82) is 0 Å². The van der Waals surface area contributed by atoms with E-state index in [9.17, 15) is 13.2 Å². The lowest BCUT2D eigenvalue weighted by Gasteiger charge is -2.09. The third-order valence-electron chi connectivity index (χ3n) is 4.03. The molecule has 0 radical (unpaired) electrons. The van der Waals surface area contributed by atoms with Gasteiger partial charge in [0.25, 0.3) is 0 Å². The summed E-state index contributed by atoms with van der Waals surface area (Å²) in [7, 11) is -2.14. The molecule has 0 aliphatic rings. The van der Waals surface area contributed by atoms with E-state index in [4.69, 9.17) is 4.74 Å². The minimum absolute atomic E-state index is 0.00492. The Balaban J connectivity index is 1.58. The predicted octanol–water partition coefficient (Wildman–Crippen LogP) is 3.16. The Hall–Kier alpha value is -2.90. The average molecular weight is 384 g/mol. The summed E-state index contributed by atoms with van der Waals surface area (Å²) in [4.78, 5) is 12.2. The van der Waals surface area contributed by atoms with E-state index >= 15 is 0 Å². The number of fused-ring (bicyclic) bond motifs is 1. The van der Waals surface area contributed by atoms with Gasteiger partial charge >= 0.3 is 0 Å². The first-order chi connectivity index (χ1) is 13.0. The van der Waals surface area contributed by atoms with Crippen LogP contribution in [-0.4, -0.2) is 28.0 Å². The number of nitrogens with one attached hydrogen (secondary N) is 2. The number of rotatable bonds is 7. The van der Waals surface area contributed by atoms with Crippen LogP contribution in [0.4, 0.5) is 5.69 Å². The average Bonchev–Trinajstić information content (AvgIpc) is 2.67. The molecule has 0 atom stereocenters. The van der Waals surface area contributed by atoms with Crippen molar-refractivity contribution in [3.8, 4) is 5.75 Å². The second kappa shape index (κ2) is 8.20. The molecule has 0 unspecified atom stereocenters. The summed E-state index contributed by atoms with van der Waals surface area (Å²) in [6.07, 6.45) is 0.0179. The first-order valence-corrected chi connectivity index (χ1v) is 9.89. The Bertz CT molecular complexity index is 1060. The van der Waals surface area contributed by atoms with Crippen molar-refractivity contribution in [2.45, 2.75) is 11.3 Å². The van der Waals surface area contributed by atoms with Crippen LogP contribution in [0.2, 0.25) is 0 Å². The molecule has 27 heavy (non-hydrogen) atoms. The molecule has 0 aliphatic heterocycles. The number of anilines is 1. The lowest BCUT2D eigenvalue weighted by molar-refractivity contribution is -0.116. The molecular formula is C20H20N2O4S. The highest BCUT2D eigenvalue weighted by molar-refractivity contribution is 7.89. The Morgan fingerprint density at radius 2 is 1.74 bits per heavy atom. The van der Waals surface area contributed by atoms with Crippen molar-refractivity contribution >= 4 is 32.4 Å². The highest BCUT2D eigenvalue weighted by Crippen LogP contribution is 2.19. The topological polar surface area (TPSA) is 84.5 Å². The maximum absolute atomic E-state index is 12.4. The van der Waals surface area contributed by atoms with E-state index in [2.05, 4.69) is 10.0 Å². The fourth-order valence-electron chi connectivity index (χ4n) is 2.64. The Kier molecular flexibility index (Phi) is 5.73. The third-order valence-corrected chi connectivity index (χ3v) is 5.49. The number of carbonyl (C=O) groups excluding carboxylic acids is 1. The second-order valence-corrected chi connectivity index (χ2v) is 7.70. The number of methoxy groups -OCH3 is 1. The predicted molar refractivity (Wildman–Crippen MR) is 105 cm³/mol. The van der Waals surface area contributed by atoms with Gasteiger partial charge < -0.3 is 10.1 Å². The second-order valence-electron chi connectivity index (χ2n) is 5.94. The van der Waals surface area contributed by atoms with Crippen LogP contribution < -0.4 is 14.8 Å². The summed E-state index contributed by atoms with van der Waals surface area (Å²) >= 11 is 0. The van der Waals surface area contributed by atoms with Crippen molar-refractivity contribution < 1.29 is 17.9 Å². The molecule has 0 aliphatic carbocycles. The molecule has 2 N–H and O–H groups in total. The van der Waals surface area contributed by atoms with E-state index < -0.39 is 10.0 Å². The number of hydrogen-bond donors (Lipinski definition) is 2. The van der Waals surface area contributed by atoms with Crippen LogP contribution in [-0.2, 0) is 14.8 Å². The first kappa shape index (κ1) is 18.9. The van der Waals surface area contributed by atoms with Gasteiger partial charge in [0.1, 0.15) is 5.75 Å². The van der Waals surface area contributed by atoms with Gasteiger partial charge in [-0.2, -0.15) is 0 Å². The van der Waals surface area contributed by atoms with E-state index in [1.807, 2.05) is 24.3 Å². The van der Waals surface area contributed by atoms with Crippen LogP contribution in [0.15, 0.2) is 71.6 Å². The van der Waals surface area contributed by atoms with Crippen molar-refractivity contribution in [3.05, 3.63) is 66.7 Å². The highest BCUT2D eigenvalue weighted by Gasteiger charge is 2.14. The Morgan fingerprint density at radius 1 is 0.963 bits per heavy atom. The van der Waals surface area contributed by atoms with E-state index in [0.29, 0.717) is 11.4 Å². The molecule has 7 heteroatoms. The first-order valence-electron chi connectivity index (χ1n) is 8.40. The van der Waals surface area contributed by atoms with Crippen molar-refractivity contribution in [3.63, 3.8) is 0 Å². The highest BCUT2D eigenvalue weighted by atomic mass is 32.2. The molecule has 0 saturated heterocycles. The van der Waals surface area contributed by atoms with Crippen LogP contribution in [0.1, 0.15) is 6.42 Å². The van der Waals surface area contributed by atoms with Crippen LogP contribution in [0, 0.1) is 0 Å². The van der Waals surface area contributed by atoms with Gasteiger partial charge in [0.05, 0.1) is 12.0 Å². The van der Waals surface area contributed by atoms with Gasteiger partial charge in [0.15, 0.2) is 0 Å². The van der Waals surface area contributed by atoms with E-state index in [1.165, 1.54) is 0 Å². The van der Waals surface area contributed by atoms with Crippen LogP contribution in [0.3, 0.4) is 0 Å². The molecule has 0 saturated carbocycles. The maximum Gasteiger partial charge on any atom is 0.240 e. The summed E-state index contributed by atoms with van der Waals surface area (Å²) in [6.45, 7) is 0.00492. The zero-order valence-corrected chi connectivity index (χ0v) is 15.6. The summed E-state index contributed by atoms with van der Waals surface area (Å²) in [6, 6.07) is 19.4. The lowest BCUT2D eigenvalue weighted by atomic mass is 10.1. The van der Waals surface area contributed by atoms with Gasteiger partial charge in [-0.1, -0.05) is 36.4 Å². The van der Waals surface area contributed by atoms with Crippen LogP contribution in [0.25, 0.3) is 10.8 Å². The maximum atomic E-state index is 12.4. The molecular weight excluding hydrogens is 364 g/mol. The molecule has 3 rings (SSSR count). The molecule has 0 spiro atoms. The molecule has 3 aromatic carbocycles. The van der Waals surface area contributed by atoms with Crippen LogP contribution >= 0.6 is 0 Å². The number of sulfonamides is 1. The molecule has 0 aromatic heterocycles. The molecule has 6 nitrogen and oxygen atoms in total. The molecule has 0 fully saturated rings. The summed E-state index contributed by atoms with van der Waals surface area (Å²) in [5, 5.41) is 4.52. The zero-order valence-electron chi connectivity index (χ0n) is 14.8. The molecule has 3 aromatic rings. The van der Waals surface area contributed by atoms with E-state index in [0.717, 1.165) is 10.8 Å². The minimum atomic E-state index is -3.68. The third kappa shape index (κ3) is 4.84. The van der Waals surface area contributed by atoms with Crippen molar-refractivity contribution in [2.75, 3.05) is 19.0 Å². The van der Waals surface area contributed by atoms with Gasteiger partial charge in [0.2, 0.25) is 15.9 Å². The van der Waals surface area contributed by atoms with Gasteiger partial charge in [-0.25, -0.2) is 13.1 Å². The number of carbonyl (C=O) groups is 1. The Labute approximate surface area is 158 Å². The fourth-order valence-corrected chi connectivity index (χ4v) is 3.71. The molecule has 0 bridgehead atoms. The summed E-state index contributed by atoms with van der Waals surface area (Å²) in [5.74, 6) is 0.342. The minimum Gasteiger partial charge on any atom is -0.497 e. The van der Waals surface area contributed by atoms with Crippen molar-refractivity contribution in [1.82, 2.24) is 4.72 Å². The molecule has 0 heterocycles. The molecule has 140 valence electrons. The lowest BCUT2D eigenvalue weighted by Crippen LogP contribution is -2.27. The van der Waals surface area contributed by atoms with Crippen LogP contribution in [0.5, 0.6) is 5.75 Å². The smallest absolute Gasteiger partial charge is 0.240 e. The van der Waals surface area contributed by atoms with E-state index in [-0.39, 0.29) is 23.8 Å². The summed E-state index contributed by atoms with van der Waals surface area (Å²) < 4.78 is 32.4. The monoisotopic (exact) mass is 384 g/mol. The summed E-state index contributed by atoms with van der Waals surface area (Å²) in [5.41, 5.74) is 0.594. The Morgan fingerprint density at radius 3 is 2.52 bits per heavy atom. The number of ether oxygens (including phenoxy) is 1. The van der Waals surface area contributed by atoms with Gasteiger partial charge in [-0.3, -0.25) is 4.79 Å².